The molecule has 0 unspecified atom stereocenters. The van der Waals surface area contributed by atoms with Gasteiger partial charge in [0, 0.05) is 38.7 Å². The van der Waals surface area contributed by atoms with Crippen LogP contribution in [-0.4, -0.2) is 55.6 Å². The number of aromatic nitrogens is 3. The summed E-state index contributed by atoms with van der Waals surface area (Å²) in [5, 5.41) is 10.8. The van der Waals surface area contributed by atoms with Crippen LogP contribution in [0.5, 0.6) is 11.5 Å². The fourth-order valence-corrected chi connectivity index (χ4v) is 2.40. The lowest BCUT2D eigenvalue weighted by Gasteiger charge is -2.09. The van der Waals surface area contributed by atoms with Crippen molar-refractivity contribution >= 4 is 5.91 Å². The SMILES string of the molecule is COCCCNC(=O)CCc1nnc(-c2ccc(OC)c(OC)c2)[nH]c1=O. The number of aryl methyl sites for hydroxylation is 1. The first kappa shape index (κ1) is 20.4. The number of nitrogens with one attached hydrogen (secondary N) is 2. The van der Waals surface area contributed by atoms with Crippen LogP contribution in [0.25, 0.3) is 11.4 Å². The quantitative estimate of drug-likeness (QED) is 0.593. The number of ether oxygens (including phenoxy) is 3. The molecule has 0 saturated heterocycles. The average Bonchev–Trinajstić information content (AvgIpc) is 2.69. The van der Waals surface area contributed by atoms with E-state index >= 15 is 0 Å². The van der Waals surface area contributed by atoms with Crippen molar-refractivity contribution in [3.8, 4) is 22.9 Å². The number of carbonyl (C=O) groups excluding carboxylic acids is 1. The Kier molecular flexibility index (Phi) is 7.75. The summed E-state index contributed by atoms with van der Waals surface area (Å²) in [6.07, 6.45) is 1.12. The Labute approximate surface area is 157 Å². The number of amides is 1. The highest BCUT2D eigenvalue weighted by Gasteiger charge is 2.11. The fraction of sp³-hybridized carbons (Fsp3) is 0.444. The summed E-state index contributed by atoms with van der Waals surface area (Å²) in [4.78, 5) is 26.7. The van der Waals surface area contributed by atoms with Crippen LogP contribution in [0, 0.1) is 0 Å². The second kappa shape index (κ2) is 10.3. The molecule has 0 aliphatic carbocycles. The largest absolute Gasteiger partial charge is 0.493 e. The molecule has 0 fully saturated rings. The molecule has 2 aromatic rings. The summed E-state index contributed by atoms with van der Waals surface area (Å²) in [5.74, 6) is 1.27. The molecule has 0 spiro atoms. The van der Waals surface area contributed by atoms with Crippen molar-refractivity contribution in [2.45, 2.75) is 19.3 Å². The van der Waals surface area contributed by atoms with E-state index in [1.807, 2.05) is 0 Å². The number of hydrogen-bond donors (Lipinski definition) is 2. The number of nitrogens with zero attached hydrogens (tertiary/aromatic N) is 2. The van der Waals surface area contributed by atoms with Gasteiger partial charge in [-0.15, -0.1) is 10.2 Å². The number of aromatic amines is 1. The van der Waals surface area contributed by atoms with Gasteiger partial charge in [-0.25, -0.2) is 0 Å². The first-order chi connectivity index (χ1) is 13.1. The second-order valence-electron chi connectivity index (χ2n) is 5.72. The van der Waals surface area contributed by atoms with Crippen molar-refractivity contribution in [2.24, 2.45) is 0 Å². The second-order valence-corrected chi connectivity index (χ2v) is 5.72. The van der Waals surface area contributed by atoms with Crippen molar-refractivity contribution in [3.05, 3.63) is 34.2 Å². The van der Waals surface area contributed by atoms with Gasteiger partial charge in [-0.3, -0.25) is 9.59 Å². The maximum absolute atomic E-state index is 12.2. The van der Waals surface area contributed by atoms with Crippen molar-refractivity contribution in [2.75, 3.05) is 34.5 Å². The van der Waals surface area contributed by atoms with Gasteiger partial charge in [0.15, 0.2) is 17.3 Å². The average molecular weight is 376 g/mol. The Morgan fingerprint density at radius 3 is 2.59 bits per heavy atom. The van der Waals surface area contributed by atoms with E-state index in [2.05, 4.69) is 20.5 Å². The van der Waals surface area contributed by atoms with Crippen LogP contribution in [0.4, 0.5) is 0 Å². The molecule has 0 aliphatic heterocycles. The highest BCUT2D eigenvalue weighted by atomic mass is 16.5. The third-order valence-corrected chi connectivity index (χ3v) is 3.86. The predicted molar refractivity (Wildman–Crippen MR) is 99.0 cm³/mol. The van der Waals surface area contributed by atoms with Crippen molar-refractivity contribution in [1.29, 1.82) is 0 Å². The molecular weight excluding hydrogens is 352 g/mol. The normalized spacial score (nSPS) is 10.5. The van der Waals surface area contributed by atoms with Gasteiger partial charge in [-0.2, -0.15) is 0 Å². The van der Waals surface area contributed by atoms with Crippen LogP contribution in [0.1, 0.15) is 18.5 Å². The van der Waals surface area contributed by atoms with E-state index in [0.29, 0.717) is 36.0 Å². The molecule has 9 heteroatoms. The molecule has 0 saturated carbocycles. The van der Waals surface area contributed by atoms with Gasteiger partial charge in [0.25, 0.3) is 5.56 Å². The highest BCUT2D eigenvalue weighted by molar-refractivity contribution is 5.76. The third-order valence-electron chi connectivity index (χ3n) is 3.86. The van der Waals surface area contributed by atoms with Crippen molar-refractivity contribution in [1.82, 2.24) is 20.5 Å². The molecule has 0 bridgehead atoms. The third kappa shape index (κ3) is 5.78. The van der Waals surface area contributed by atoms with E-state index in [4.69, 9.17) is 14.2 Å². The van der Waals surface area contributed by atoms with Gasteiger partial charge in [0.1, 0.15) is 5.69 Å². The first-order valence-electron chi connectivity index (χ1n) is 8.53. The number of methoxy groups -OCH3 is 3. The Balaban J connectivity index is 2.01. The summed E-state index contributed by atoms with van der Waals surface area (Å²) >= 11 is 0. The predicted octanol–water partition coefficient (Wildman–Crippen LogP) is 0.934. The van der Waals surface area contributed by atoms with Crippen molar-refractivity contribution in [3.63, 3.8) is 0 Å². The lowest BCUT2D eigenvalue weighted by atomic mass is 10.2. The van der Waals surface area contributed by atoms with Crippen LogP contribution in [-0.2, 0) is 16.0 Å². The number of benzene rings is 1. The topological polar surface area (TPSA) is 115 Å². The van der Waals surface area contributed by atoms with Gasteiger partial charge in [0.05, 0.1) is 14.2 Å². The number of rotatable bonds is 10. The zero-order valence-electron chi connectivity index (χ0n) is 15.7. The zero-order chi connectivity index (χ0) is 19.6. The molecule has 1 amide bonds. The van der Waals surface area contributed by atoms with E-state index in [0.717, 1.165) is 6.42 Å². The molecule has 2 N–H and O–H groups in total. The van der Waals surface area contributed by atoms with Gasteiger partial charge in [0.2, 0.25) is 5.91 Å². The van der Waals surface area contributed by atoms with Crippen LogP contribution < -0.4 is 20.3 Å². The highest BCUT2D eigenvalue weighted by Crippen LogP contribution is 2.30. The molecule has 1 aromatic heterocycles. The van der Waals surface area contributed by atoms with E-state index < -0.39 is 0 Å². The molecule has 0 aliphatic rings. The number of hydrogen-bond acceptors (Lipinski definition) is 7. The molecule has 0 atom stereocenters. The van der Waals surface area contributed by atoms with Gasteiger partial charge in [-0.05, 0) is 24.6 Å². The molecular formula is C18H24N4O5. The minimum Gasteiger partial charge on any atom is -0.493 e. The van der Waals surface area contributed by atoms with Gasteiger partial charge in [-0.1, -0.05) is 0 Å². The summed E-state index contributed by atoms with van der Waals surface area (Å²) in [6, 6.07) is 5.16. The minimum absolute atomic E-state index is 0.142. The van der Waals surface area contributed by atoms with Crippen LogP contribution in [0.2, 0.25) is 0 Å². The summed E-state index contributed by atoms with van der Waals surface area (Å²) in [7, 11) is 4.68. The Morgan fingerprint density at radius 1 is 1.15 bits per heavy atom. The lowest BCUT2D eigenvalue weighted by Crippen LogP contribution is -2.27. The molecule has 27 heavy (non-hydrogen) atoms. The van der Waals surface area contributed by atoms with Crippen LogP contribution in [0.3, 0.4) is 0 Å². The standard InChI is InChI=1S/C18H24N4O5/c1-25-10-4-9-19-16(23)8-6-13-18(24)20-17(22-21-13)12-5-7-14(26-2)15(11-12)27-3/h5,7,11H,4,6,8-10H2,1-3H3,(H,19,23)(H,20,22,24). The fourth-order valence-electron chi connectivity index (χ4n) is 2.40. The van der Waals surface area contributed by atoms with Gasteiger partial charge < -0.3 is 24.5 Å². The summed E-state index contributed by atoms with van der Waals surface area (Å²) in [5.41, 5.74) is 0.480. The number of carbonyl (C=O) groups is 1. The smallest absolute Gasteiger partial charge is 0.273 e. The molecule has 1 aromatic carbocycles. The van der Waals surface area contributed by atoms with Crippen LogP contribution >= 0.6 is 0 Å². The number of H-pyrrole nitrogens is 1. The van der Waals surface area contributed by atoms with E-state index in [9.17, 15) is 9.59 Å². The monoisotopic (exact) mass is 376 g/mol. The zero-order valence-corrected chi connectivity index (χ0v) is 15.7. The molecule has 0 radical (unpaired) electrons. The molecule has 1 heterocycles. The first-order valence-corrected chi connectivity index (χ1v) is 8.53. The molecule has 9 nitrogen and oxygen atoms in total. The Morgan fingerprint density at radius 2 is 1.93 bits per heavy atom. The van der Waals surface area contributed by atoms with Crippen molar-refractivity contribution < 1.29 is 19.0 Å². The van der Waals surface area contributed by atoms with E-state index in [-0.39, 0.29) is 30.0 Å². The Bertz CT molecular complexity index is 822. The molecule has 2 rings (SSSR count). The maximum atomic E-state index is 12.2. The Hall–Kier alpha value is -2.94. The van der Waals surface area contributed by atoms with E-state index in [1.54, 1.807) is 32.4 Å². The summed E-state index contributed by atoms with van der Waals surface area (Å²) in [6.45, 7) is 1.12. The lowest BCUT2D eigenvalue weighted by molar-refractivity contribution is -0.121. The van der Waals surface area contributed by atoms with E-state index in [1.165, 1.54) is 7.11 Å². The summed E-state index contributed by atoms with van der Waals surface area (Å²) < 4.78 is 15.3. The maximum Gasteiger partial charge on any atom is 0.273 e. The molecule has 146 valence electrons. The van der Waals surface area contributed by atoms with Crippen LogP contribution in [0.15, 0.2) is 23.0 Å². The minimum atomic E-state index is -0.373. The van der Waals surface area contributed by atoms with Gasteiger partial charge >= 0.3 is 0 Å².